The Bertz CT molecular complexity index is 1110. The Balaban J connectivity index is 1.46. The minimum absolute atomic E-state index is 0.0564. The normalized spacial score (nSPS) is 17.7. The molecule has 9 heteroatoms. The van der Waals surface area contributed by atoms with Crippen molar-refractivity contribution in [3.63, 3.8) is 0 Å². The first-order valence-electron chi connectivity index (χ1n) is 12.3. The summed E-state index contributed by atoms with van der Waals surface area (Å²) in [6.45, 7) is 5.61. The van der Waals surface area contributed by atoms with E-state index in [0.717, 1.165) is 69.7 Å². The average molecular weight is 502 g/mol. The molecule has 1 amide bonds. The maximum absolute atomic E-state index is 13.2. The summed E-state index contributed by atoms with van der Waals surface area (Å²) < 4.78 is 39.7. The Morgan fingerprint density at radius 2 is 1.69 bits per heavy atom. The summed E-state index contributed by atoms with van der Waals surface area (Å²) in [7, 11) is -2.33. The first-order valence-corrected chi connectivity index (χ1v) is 13.8. The smallest absolute Gasteiger partial charge is 0.257 e. The maximum atomic E-state index is 13.2. The van der Waals surface area contributed by atoms with Gasteiger partial charge in [0.25, 0.3) is 5.91 Å². The van der Waals surface area contributed by atoms with Crippen molar-refractivity contribution in [1.29, 1.82) is 0 Å². The monoisotopic (exact) mass is 501 g/mol. The van der Waals surface area contributed by atoms with Gasteiger partial charge in [-0.3, -0.25) is 9.69 Å². The molecule has 35 heavy (non-hydrogen) atoms. The predicted molar refractivity (Wildman–Crippen MR) is 134 cm³/mol. The van der Waals surface area contributed by atoms with Crippen molar-refractivity contribution in [2.24, 2.45) is 0 Å². The molecule has 0 aliphatic carbocycles. The van der Waals surface area contributed by atoms with E-state index in [1.54, 1.807) is 11.0 Å². The molecule has 4 rings (SSSR count). The van der Waals surface area contributed by atoms with Crippen molar-refractivity contribution in [3.8, 4) is 5.75 Å². The van der Waals surface area contributed by atoms with E-state index in [9.17, 15) is 13.2 Å². The van der Waals surface area contributed by atoms with Crippen LogP contribution in [0.5, 0.6) is 5.75 Å². The summed E-state index contributed by atoms with van der Waals surface area (Å²) >= 11 is 0. The highest BCUT2D eigenvalue weighted by molar-refractivity contribution is 7.89. The average Bonchev–Trinajstić information content (AvgIpc) is 3.17. The minimum atomic E-state index is -3.82. The molecule has 0 spiro atoms. The zero-order valence-electron chi connectivity index (χ0n) is 20.4. The molecule has 0 atom stereocenters. The molecule has 190 valence electrons. The number of carbonyl (C=O) groups is 1. The van der Waals surface area contributed by atoms with Crippen LogP contribution < -0.4 is 9.46 Å². The fourth-order valence-corrected chi connectivity index (χ4v) is 5.63. The second kappa shape index (κ2) is 12.0. The van der Waals surface area contributed by atoms with Gasteiger partial charge in [-0.05, 0) is 42.2 Å². The standard InChI is InChI=1S/C26H35N3O5S/c1-33-25-10-9-23(18-24(25)26(30)29-11-4-2-3-5-12-29)35(31,32)27-19-21-7-6-8-22(17-21)20-28-13-15-34-16-14-28/h6-10,17-18,27H,2-5,11-16,19-20H2,1H3. The number of carbonyl (C=O) groups excluding carboxylic acids is 1. The van der Waals surface area contributed by atoms with Crippen molar-refractivity contribution in [1.82, 2.24) is 14.5 Å². The largest absolute Gasteiger partial charge is 0.496 e. The number of sulfonamides is 1. The summed E-state index contributed by atoms with van der Waals surface area (Å²) in [4.78, 5) is 17.4. The molecule has 2 aliphatic rings. The van der Waals surface area contributed by atoms with Crippen LogP contribution in [0.4, 0.5) is 0 Å². The van der Waals surface area contributed by atoms with Gasteiger partial charge in [0.15, 0.2) is 0 Å². The van der Waals surface area contributed by atoms with Crippen LogP contribution in [0.3, 0.4) is 0 Å². The zero-order valence-corrected chi connectivity index (χ0v) is 21.2. The lowest BCUT2D eigenvalue weighted by Crippen LogP contribution is -2.35. The molecule has 0 saturated carbocycles. The molecule has 1 N–H and O–H groups in total. The van der Waals surface area contributed by atoms with E-state index in [0.29, 0.717) is 18.8 Å². The van der Waals surface area contributed by atoms with E-state index < -0.39 is 10.0 Å². The Morgan fingerprint density at radius 3 is 2.40 bits per heavy atom. The number of morpholine rings is 1. The van der Waals surface area contributed by atoms with Crippen molar-refractivity contribution in [2.45, 2.75) is 43.7 Å². The lowest BCUT2D eigenvalue weighted by molar-refractivity contribution is 0.0342. The topological polar surface area (TPSA) is 88.2 Å². The van der Waals surface area contributed by atoms with Gasteiger partial charge in [-0.15, -0.1) is 0 Å². The van der Waals surface area contributed by atoms with Gasteiger partial charge in [0, 0.05) is 39.3 Å². The SMILES string of the molecule is COc1ccc(S(=O)(=O)NCc2cccc(CN3CCOCC3)c2)cc1C(=O)N1CCCCCC1. The molecule has 0 unspecified atom stereocenters. The summed E-state index contributed by atoms with van der Waals surface area (Å²) in [6.07, 6.45) is 4.12. The first-order chi connectivity index (χ1) is 17.0. The number of methoxy groups -OCH3 is 1. The van der Waals surface area contributed by atoms with Crippen LogP contribution in [0, 0.1) is 0 Å². The van der Waals surface area contributed by atoms with E-state index in [4.69, 9.17) is 9.47 Å². The maximum Gasteiger partial charge on any atom is 0.257 e. The molecule has 0 bridgehead atoms. The van der Waals surface area contributed by atoms with Crippen LogP contribution in [0.25, 0.3) is 0 Å². The van der Waals surface area contributed by atoms with Gasteiger partial charge in [0.1, 0.15) is 5.75 Å². The van der Waals surface area contributed by atoms with E-state index in [1.807, 2.05) is 18.2 Å². The zero-order chi connectivity index (χ0) is 24.7. The van der Waals surface area contributed by atoms with Crippen LogP contribution in [-0.2, 0) is 27.8 Å². The minimum Gasteiger partial charge on any atom is -0.496 e. The first kappa shape index (κ1) is 25.6. The Morgan fingerprint density at radius 1 is 0.971 bits per heavy atom. The van der Waals surface area contributed by atoms with Crippen molar-refractivity contribution < 1.29 is 22.7 Å². The van der Waals surface area contributed by atoms with Crippen LogP contribution in [0.1, 0.15) is 47.2 Å². The third-order valence-electron chi connectivity index (χ3n) is 6.57. The highest BCUT2D eigenvalue weighted by atomic mass is 32.2. The number of hydrogen-bond donors (Lipinski definition) is 1. The third kappa shape index (κ3) is 6.82. The molecule has 0 aromatic heterocycles. The Kier molecular flexibility index (Phi) is 8.78. The Labute approximate surface area is 208 Å². The molecule has 2 heterocycles. The number of nitrogens with zero attached hydrogens (tertiary/aromatic N) is 2. The van der Waals surface area contributed by atoms with Gasteiger partial charge >= 0.3 is 0 Å². The van der Waals surface area contributed by atoms with Gasteiger partial charge in [0.2, 0.25) is 10.0 Å². The van der Waals surface area contributed by atoms with Crippen LogP contribution in [-0.4, -0.2) is 70.6 Å². The Hall–Kier alpha value is -2.46. The number of rotatable bonds is 8. The van der Waals surface area contributed by atoms with Crippen molar-refractivity contribution in [2.75, 3.05) is 46.5 Å². The van der Waals surface area contributed by atoms with Gasteiger partial charge in [-0.1, -0.05) is 37.1 Å². The molecule has 0 radical (unpaired) electrons. The van der Waals surface area contributed by atoms with Crippen LogP contribution in [0.15, 0.2) is 47.4 Å². The molecule has 8 nitrogen and oxygen atoms in total. The molecular weight excluding hydrogens is 466 g/mol. The van der Waals surface area contributed by atoms with Gasteiger partial charge in [0.05, 0.1) is 30.8 Å². The molecule has 2 saturated heterocycles. The van der Waals surface area contributed by atoms with Crippen LogP contribution >= 0.6 is 0 Å². The van der Waals surface area contributed by atoms with E-state index in [-0.39, 0.29) is 22.9 Å². The van der Waals surface area contributed by atoms with E-state index in [2.05, 4.69) is 15.7 Å². The molecular formula is C26H35N3O5S. The number of hydrogen-bond acceptors (Lipinski definition) is 6. The van der Waals surface area contributed by atoms with E-state index >= 15 is 0 Å². The van der Waals surface area contributed by atoms with Crippen molar-refractivity contribution in [3.05, 3.63) is 59.2 Å². The van der Waals surface area contributed by atoms with E-state index in [1.165, 1.54) is 19.2 Å². The number of nitrogens with one attached hydrogen (secondary N) is 1. The second-order valence-electron chi connectivity index (χ2n) is 9.10. The number of benzene rings is 2. The van der Waals surface area contributed by atoms with Crippen molar-refractivity contribution >= 4 is 15.9 Å². The summed E-state index contributed by atoms with van der Waals surface area (Å²) in [6, 6.07) is 12.4. The highest BCUT2D eigenvalue weighted by Crippen LogP contribution is 2.25. The third-order valence-corrected chi connectivity index (χ3v) is 7.97. The quantitative estimate of drug-likeness (QED) is 0.598. The summed E-state index contributed by atoms with van der Waals surface area (Å²) in [5.41, 5.74) is 2.30. The number of likely N-dealkylation sites (tertiary alicyclic amines) is 1. The number of ether oxygens (including phenoxy) is 2. The molecule has 2 aromatic carbocycles. The lowest BCUT2D eigenvalue weighted by atomic mass is 10.1. The summed E-state index contributed by atoms with van der Waals surface area (Å²) in [5.74, 6) is 0.200. The van der Waals surface area contributed by atoms with Gasteiger partial charge < -0.3 is 14.4 Å². The fraction of sp³-hybridized carbons (Fsp3) is 0.500. The molecule has 2 aromatic rings. The lowest BCUT2D eigenvalue weighted by Gasteiger charge is -2.26. The second-order valence-corrected chi connectivity index (χ2v) is 10.9. The summed E-state index contributed by atoms with van der Waals surface area (Å²) in [5, 5.41) is 0. The molecule has 2 fully saturated rings. The highest BCUT2D eigenvalue weighted by Gasteiger charge is 2.24. The van der Waals surface area contributed by atoms with Crippen LogP contribution in [0.2, 0.25) is 0 Å². The predicted octanol–water partition coefficient (Wildman–Crippen LogP) is 3.02. The molecule has 2 aliphatic heterocycles. The number of amides is 1. The fourth-order valence-electron chi connectivity index (χ4n) is 4.58. The van der Waals surface area contributed by atoms with Gasteiger partial charge in [-0.2, -0.15) is 0 Å². The van der Waals surface area contributed by atoms with Gasteiger partial charge in [-0.25, -0.2) is 13.1 Å².